The van der Waals surface area contributed by atoms with Crippen LogP contribution in [0.5, 0.6) is 0 Å². The zero-order valence-corrected chi connectivity index (χ0v) is 14.9. The minimum absolute atomic E-state index is 0.116. The molecule has 2 aromatic carbocycles. The normalized spacial score (nSPS) is 15.5. The Kier molecular flexibility index (Phi) is 5.38. The molecule has 3 rings (SSSR count). The van der Waals surface area contributed by atoms with E-state index in [2.05, 4.69) is 36.3 Å². The second kappa shape index (κ2) is 7.69. The van der Waals surface area contributed by atoms with Gasteiger partial charge < -0.3 is 10.2 Å². The topological polar surface area (TPSA) is 32.3 Å². The smallest absolute Gasteiger partial charge is 0.202 e. The third-order valence-corrected chi connectivity index (χ3v) is 5.34. The van der Waals surface area contributed by atoms with E-state index in [0.29, 0.717) is 0 Å². The molecule has 0 spiro atoms. The molecular weight excluding hydrogens is 316 g/mol. The Morgan fingerprint density at radius 1 is 1.08 bits per heavy atom. The predicted octanol–water partition coefficient (Wildman–Crippen LogP) is 3.89. The van der Waals surface area contributed by atoms with Crippen molar-refractivity contribution in [3.8, 4) is 0 Å². The Morgan fingerprint density at radius 3 is 2.50 bits per heavy atom. The molecule has 1 heterocycles. The van der Waals surface area contributed by atoms with E-state index in [1.54, 1.807) is 11.8 Å². The summed E-state index contributed by atoms with van der Waals surface area (Å²) in [6, 6.07) is 17.9. The Balaban J connectivity index is 1.92. The van der Waals surface area contributed by atoms with Crippen LogP contribution in [0.2, 0.25) is 0 Å². The molecule has 1 aliphatic rings. The average Bonchev–Trinajstić information content (AvgIpc) is 2.96. The van der Waals surface area contributed by atoms with Crippen molar-refractivity contribution in [1.29, 1.82) is 0 Å². The maximum absolute atomic E-state index is 12.8. The first-order valence-electron chi connectivity index (χ1n) is 8.24. The lowest BCUT2D eigenvalue weighted by Gasteiger charge is -2.18. The van der Waals surface area contributed by atoms with Gasteiger partial charge in [0.1, 0.15) is 0 Å². The summed E-state index contributed by atoms with van der Waals surface area (Å²) in [6.45, 7) is 4.90. The highest BCUT2D eigenvalue weighted by Crippen LogP contribution is 2.42. The molecule has 0 bridgehead atoms. The number of benzene rings is 2. The van der Waals surface area contributed by atoms with E-state index in [1.165, 1.54) is 0 Å². The summed E-state index contributed by atoms with van der Waals surface area (Å²) in [4.78, 5) is 16.9. The zero-order valence-electron chi connectivity index (χ0n) is 14.1. The lowest BCUT2D eigenvalue weighted by molar-refractivity contribution is 0.104. The molecule has 3 nitrogen and oxygen atoms in total. The number of allylic oxidation sites excluding steroid dienone is 1. The predicted molar refractivity (Wildman–Crippen MR) is 101 cm³/mol. The number of hydrogen-bond donors (Lipinski definition) is 1. The number of carbonyl (C=O) groups is 1. The lowest BCUT2D eigenvalue weighted by Crippen LogP contribution is -2.29. The minimum Gasteiger partial charge on any atom is -0.382 e. The van der Waals surface area contributed by atoms with Crippen LogP contribution in [0.4, 0.5) is 0 Å². The lowest BCUT2D eigenvalue weighted by atomic mass is 10.1. The van der Waals surface area contributed by atoms with Crippen molar-refractivity contribution in [3.63, 3.8) is 0 Å². The second-order valence-corrected chi connectivity index (χ2v) is 6.87. The molecule has 0 aromatic heterocycles. The van der Waals surface area contributed by atoms with Crippen molar-refractivity contribution in [2.75, 3.05) is 26.7 Å². The first-order valence-corrected chi connectivity index (χ1v) is 9.06. The van der Waals surface area contributed by atoms with Crippen LogP contribution in [-0.2, 0) is 0 Å². The van der Waals surface area contributed by atoms with Crippen molar-refractivity contribution in [1.82, 2.24) is 10.2 Å². The van der Waals surface area contributed by atoms with Gasteiger partial charge in [0.2, 0.25) is 5.78 Å². The number of nitrogens with one attached hydrogen (secondary N) is 1. The molecule has 0 aliphatic carbocycles. The van der Waals surface area contributed by atoms with Gasteiger partial charge in [0.25, 0.3) is 0 Å². The summed E-state index contributed by atoms with van der Waals surface area (Å²) in [5.41, 5.74) is 2.80. The van der Waals surface area contributed by atoms with Crippen LogP contribution in [0.3, 0.4) is 0 Å². The van der Waals surface area contributed by atoms with Crippen LogP contribution in [-0.4, -0.2) is 37.4 Å². The van der Waals surface area contributed by atoms with Crippen LogP contribution in [0, 0.1) is 0 Å². The molecule has 0 unspecified atom stereocenters. The number of Topliss-reactive ketones (excluding diaryl/α,β-unsaturated/α-hetero) is 1. The molecule has 124 valence electrons. The van der Waals surface area contributed by atoms with Gasteiger partial charge in [-0.1, -0.05) is 61.2 Å². The van der Waals surface area contributed by atoms with E-state index in [-0.39, 0.29) is 5.78 Å². The second-order valence-electron chi connectivity index (χ2n) is 5.82. The van der Waals surface area contributed by atoms with E-state index >= 15 is 0 Å². The van der Waals surface area contributed by atoms with Crippen LogP contribution >= 0.6 is 11.8 Å². The molecule has 0 saturated carbocycles. The van der Waals surface area contributed by atoms with Crippen molar-refractivity contribution in [2.45, 2.75) is 11.8 Å². The molecular formula is C20H22N2OS. The molecule has 0 atom stereocenters. The highest BCUT2D eigenvalue weighted by molar-refractivity contribution is 8.05. The fourth-order valence-electron chi connectivity index (χ4n) is 2.63. The largest absolute Gasteiger partial charge is 0.382 e. The van der Waals surface area contributed by atoms with Gasteiger partial charge in [-0.25, -0.2) is 0 Å². The molecule has 1 aliphatic heterocycles. The SMILES string of the molecule is CCN(C)CCN/C(=C1/Sc2ccccc2C1=O)c1ccccc1. The number of ketones is 1. The average molecular weight is 338 g/mol. The Morgan fingerprint density at radius 2 is 1.79 bits per heavy atom. The summed E-state index contributed by atoms with van der Waals surface area (Å²) in [7, 11) is 2.10. The molecule has 1 N–H and O–H groups in total. The van der Waals surface area contributed by atoms with Crippen LogP contribution in [0.25, 0.3) is 5.70 Å². The van der Waals surface area contributed by atoms with E-state index in [1.807, 2.05) is 42.5 Å². The summed E-state index contributed by atoms with van der Waals surface area (Å²) in [5, 5.41) is 3.50. The number of thioether (sulfide) groups is 1. The van der Waals surface area contributed by atoms with Crippen LogP contribution < -0.4 is 5.32 Å². The summed E-state index contributed by atoms with van der Waals surface area (Å²) < 4.78 is 0. The quantitative estimate of drug-likeness (QED) is 0.810. The number of carbonyl (C=O) groups excluding carboxylic acids is 1. The number of hydrogen-bond acceptors (Lipinski definition) is 4. The first kappa shape index (κ1) is 16.8. The summed E-state index contributed by atoms with van der Waals surface area (Å²) in [5.74, 6) is 0.116. The van der Waals surface area contributed by atoms with Crippen LogP contribution in [0.1, 0.15) is 22.8 Å². The van der Waals surface area contributed by atoms with Crippen molar-refractivity contribution in [3.05, 3.63) is 70.6 Å². The molecule has 0 saturated heterocycles. The van der Waals surface area contributed by atoms with Gasteiger partial charge in [-0.2, -0.15) is 0 Å². The highest BCUT2D eigenvalue weighted by atomic mass is 32.2. The Labute approximate surface area is 147 Å². The monoisotopic (exact) mass is 338 g/mol. The number of nitrogens with zero attached hydrogens (tertiary/aromatic N) is 1. The molecule has 0 amide bonds. The molecule has 24 heavy (non-hydrogen) atoms. The number of fused-ring (bicyclic) bond motifs is 1. The third kappa shape index (κ3) is 3.55. The van der Waals surface area contributed by atoms with Gasteiger partial charge in [-0.3, -0.25) is 4.79 Å². The van der Waals surface area contributed by atoms with Gasteiger partial charge in [0.05, 0.1) is 10.6 Å². The molecule has 0 radical (unpaired) electrons. The maximum Gasteiger partial charge on any atom is 0.202 e. The molecule has 2 aromatic rings. The Hall–Kier alpha value is -2.04. The van der Waals surface area contributed by atoms with Crippen molar-refractivity contribution in [2.24, 2.45) is 0 Å². The van der Waals surface area contributed by atoms with E-state index in [0.717, 1.165) is 46.3 Å². The fraction of sp³-hybridized carbons (Fsp3) is 0.250. The first-order chi connectivity index (χ1) is 11.7. The van der Waals surface area contributed by atoms with Crippen LogP contribution in [0.15, 0.2) is 64.4 Å². The maximum atomic E-state index is 12.8. The summed E-state index contributed by atoms with van der Waals surface area (Å²) in [6.07, 6.45) is 0. The van der Waals surface area contributed by atoms with Gasteiger partial charge in [-0.15, -0.1) is 0 Å². The van der Waals surface area contributed by atoms with Gasteiger partial charge in [0, 0.05) is 23.5 Å². The van der Waals surface area contributed by atoms with E-state index in [4.69, 9.17) is 0 Å². The third-order valence-electron chi connectivity index (χ3n) is 4.17. The Bertz CT molecular complexity index is 755. The van der Waals surface area contributed by atoms with Crippen molar-refractivity contribution >= 4 is 23.2 Å². The van der Waals surface area contributed by atoms with Crippen molar-refractivity contribution < 1.29 is 4.79 Å². The molecule has 4 heteroatoms. The fourth-order valence-corrected chi connectivity index (χ4v) is 3.77. The minimum atomic E-state index is 0.116. The van der Waals surface area contributed by atoms with E-state index < -0.39 is 0 Å². The van der Waals surface area contributed by atoms with E-state index in [9.17, 15) is 4.79 Å². The van der Waals surface area contributed by atoms with Gasteiger partial charge in [0.15, 0.2) is 0 Å². The summed E-state index contributed by atoms with van der Waals surface area (Å²) >= 11 is 1.57. The highest BCUT2D eigenvalue weighted by Gasteiger charge is 2.28. The van der Waals surface area contributed by atoms with Gasteiger partial charge >= 0.3 is 0 Å². The zero-order chi connectivity index (χ0) is 16.9. The molecule has 0 fully saturated rings. The number of likely N-dealkylation sites (N-methyl/N-ethyl adjacent to an activating group) is 1. The number of rotatable bonds is 6. The standard InChI is InChI=1S/C20H22N2OS/c1-3-22(2)14-13-21-18(15-9-5-4-6-10-15)20-19(23)16-11-7-8-12-17(16)24-20/h4-12,21H,3,13-14H2,1-2H3/b20-18+. The van der Waals surface area contributed by atoms with Gasteiger partial charge in [-0.05, 0) is 31.3 Å².